The molecular formula is C15H23NO3. The van der Waals surface area contributed by atoms with Crippen LogP contribution in [0.5, 0.6) is 11.5 Å². The summed E-state index contributed by atoms with van der Waals surface area (Å²) in [6.07, 6.45) is 1.37. The van der Waals surface area contributed by atoms with Crippen molar-refractivity contribution in [3.8, 4) is 11.5 Å². The summed E-state index contributed by atoms with van der Waals surface area (Å²) in [5.41, 5.74) is 0.640. The van der Waals surface area contributed by atoms with Crippen molar-refractivity contribution in [1.29, 1.82) is 0 Å². The van der Waals surface area contributed by atoms with Crippen molar-refractivity contribution >= 4 is 5.78 Å². The number of ketones is 1. The normalized spacial score (nSPS) is 10.6. The van der Waals surface area contributed by atoms with Gasteiger partial charge >= 0.3 is 0 Å². The molecule has 0 bridgehead atoms. The summed E-state index contributed by atoms with van der Waals surface area (Å²) in [5.74, 6) is 1.43. The molecule has 0 aromatic heterocycles. The van der Waals surface area contributed by atoms with E-state index in [0.717, 1.165) is 13.0 Å². The van der Waals surface area contributed by atoms with Crippen molar-refractivity contribution in [2.45, 2.75) is 19.8 Å². The number of hydrogen-bond acceptors (Lipinski definition) is 4. The fourth-order valence-corrected chi connectivity index (χ4v) is 1.68. The predicted octanol–water partition coefficient (Wildman–Crippen LogP) is 2.62. The third-order valence-corrected chi connectivity index (χ3v) is 2.76. The smallest absolute Gasteiger partial charge is 0.166 e. The summed E-state index contributed by atoms with van der Waals surface area (Å²) in [5, 5.41) is 0. The number of likely N-dealkylation sites (N-methyl/N-ethyl adjacent to an activating group) is 1. The van der Waals surface area contributed by atoms with Crippen molar-refractivity contribution in [3.63, 3.8) is 0 Å². The number of Topliss-reactive ketones (excluding diaryl/α,β-unsaturated/α-hetero) is 1. The highest BCUT2D eigenvalue weighted by atomic mass is 16.5. The first kappa shape index (κ1) is 15.5. The van der Waals surface area contributed by atoms with Crippen LogP contribution in [0.3, 0.4) is 0 Å². The number of carbonyl (C=O) groups excluding carboxylic acids is 1. The van der Waals surface area contributed by atoms with E-state index < -0.39 is 0 Å². The first-order chi connectivity index (χ1) is 9.08. The summed E-state index contributed by atoms with van der Waals surface area (Å²) in [6, 6.07) is 5.35. The third kappa shape index (κ3) is 4.91. The summed E-state index contributed by atoms with van der Waals surface area (Å²) >= 11 is 0. The lowest BCUT2D eigenvalue weighted by atomic mass is 10.1. The van der Waals surface area contributed by atoms with Gasteiger partial charge in [-0.05, 0) is 32.6 Å². The molecule has 0 aliphatic heterocycles. The molecule has 0 amide bonds. The van der Waals surface area contributed by atoms with Gasteiger partial charge in [-0.25, -0.2) is 0 Å². The molecule has 1 aromatic carbocycles. The number of nitrogens with zero attached hydrogens (tertiary/aromatic N) is 1. The van der Waals surface area contributed by atoms with Gasteiger partial charge in [-0.15, -0.1) is 0 Å². The maximum atomic E-state index is 12.0. The first-order valence-electron chi connectivity index (χ1n) is 6.57. The van der Waals surface area contributed by atoms with Crippen LogP contribution in [0.15, 0.2) is 18.2 Å². The summed E-state index contributed by atoms with van der Waals surface area (Å²) in [7, 11) is 5.57. The number of rotatable bonds is 8. The molecule has 4 nitrogen and oxygen atoms in total. The van der Waals surface area contributed by atoms with Gasteiger partial charge in [0.1, 0.15) is 18.1 Å². The van der Waals surface area contributed by atoms with Crippen molar-refractivity contribution in [1.82, 2.24) is 4.90 Å². The molecule has 106 valence electrons. The molecule has 0 aliphatic carbocycles. The topological polar surface area (TPSA) is 38.8 Å². The standard InChI is InChI=1S/C15H23NO3/c1-5-6-14(17)13-8-7-12(18-4)11-15(13)19-10-9-16(2)3/h7-8,11H,5-6,9-10H2,1-4H3. The Kier molecular flexibility index (Phi) is 6.36. The van der Waals surface area contributed by atoms with Crippen molar-refractivity contribution in [3.05, 3.63) is 23.8 Å². The second-order valence-corrected chi connectivity index (χ2v) is 4.69. The molecule has 0 radical (unpaired) electrons. The van der Waals surface area contributed by atoms with E-state index in [0.29, 0.717) is 30.1 Å². The maximum absolute atomic E-state index is 12.0. The van der Waals surface area contributed by atoms with E-state index >= 15 is 0 Å². The lowest BCUT2D eigenvalue weighted by molar-refractivity contribution is 0.0977. The minimum atomic E-state index is 0.116. The van der Waals surface area contributed by atoms with Crippen LogP contribution in [0.4, 0.5) is 0 Å². The van der Waals surface area contributed by atoms with Crippen LogP contribution in [0.1, 0.15) is 30.1 Å². The van der Waals surface area contributed by atoms with Gasteiger partial charge in [0.2, 0.25) is 0 Å². The van der Waals surface area contributed by atoms with Gasteiger partial charge < -0.3 is 14.4 Å². The van der Waals surface area contributed by atoms with Crippen molar-refractivity contribution in [2.24, 2.45) is 0 Å². The van der Waals surface area contributed by atoms with Gasteiger partial charge in [0, 0.05) is 19.0 Å². The Bertz CT molecular complexity index is 416. The summed E-state index contributed by atoms with van der Waals surface area (Å²) in [4.78, 5) is 14.1. The first-order valence-corrected chi connectivity index (χ1v) is 6.57. The Morgan fingerprint density at radius 3 is 2.63 bits per heavy atom. The number of carbonyl (C=O) groups is 1. The molecule has 0 fully saturated rings. The van der Waals surface area contributed by atoms with Crippen LogP contribution >= 0.6 is 0 Å². The van der Waals surface area contributed by atoms with Crippen molar-refractivity contribution in [2.75, 3.05) is 34.4 Å². The third-order valence-electron chi connectivity index (χ3n) is 2.76. The molecular weight excluding hydrogens is 242 g/mol. The zero-order valence-corrected chi connectivity index (χ0v) is 12.2. The monoisotopic (exact) mass is 265 g/mol. The Morgan fingerprint density at radius 1 is 1.32 bits per heavy atom. The molecule has 1 aromatic rings. The van der Waals surface area contributed by atoms with Gasteiger partial charge in [0.05, 0.1) is 12.7 Å². The highest BCUT2D eigenvalue weighted by molar-refractivity contribution is 5.98. The molecule has 0 unspecified atom stereocenters. The number of benzene rings is 1. The van der Waals surface area contributed by atoms with Gasteiger partial charge in [0.15, 0.2) is 5.78 Å². The molecule has 0 heterocycles. The molecule has 4 heteroatoms. The molecule has 0 aliphatic rings. The Hall–Kier alpha value is -1.55. The van der Waals surface area contributed by atoms with Crippen molar-refractivity contribution < 1.29 is 14.3 Å². The molecule has 0 spiro atoms. The zero-order valence-electron chi connectivity index (χ0n) is 12.2. The highest BCUT2D eigenvalue weighted by Gasteiger charge is 2.13. The van der Waals surface area contributed by atoms with E-state index in [1.165, 1.54) is 0 Å². The van der Waals surface area contributed by atoms with Crippen LogP contribution < -0.4 is 9.47 Å². The molecule has 0 saturated heterocycles. The second-order valence-electron chi connectivity index (χ2n) is 4.69. The number of hydrogen-bond donors (Lipinski definition) is 0. The van der Waals surface area contributed by atoms with Crippen LogP contribution in [0, 0.1) is 0 Å². The van der Waals surface area contributed by atoms with Crippen LogP contribution in [-0.4, -0.2) is 45.0 Å². The molecule has 0 saturated carbocycles. The quantitative estimate of drug-likeness (QED) is 0.677. The van der Waals surface area contributed by atoms with E-state index in [1.54, 1.807) is 25.3 Å². The molecule has 0 N–H and O–H groups in total. The number of methoxy groups -OCH3 is 1. The fraction of sp³-hybridized carbons (Fsp3) is 0.533. The minimum absolute atomic E-state index is 0.116. The van der Waals surface area contributed by atoms with Crippen LogP contribution in [0.2, 0.25) is 0 Å². The van der Waals surface area contributed by atoms with E-state index in [-0.39, 0.29) is 5.78 Å². The lowest BCUT2D eigenvalue weighted by Crippen LogP contribution is -2.20. The van der Waals surface area contributed by atoms with Gasteiger partial charge in [0.25, 0.3) is 0 Å². The summed E-state index contributed by atoms with van der Waals surface area (Å²) in [6.45, 7) is 3.35. The zero-order chi connectivity index (χ0) is 14.3. The van der Waals surface area contributed by atoms with E-state index in [2.05, 4.69) is 0 Å². The molecule has 0 atom stereocenters. The second kappa shape index (κ2) is 7.79. The average molecular weight is 265 g/mol. The SMILES string of the molecule is CCCC(=O)c1ccc(OC)cc1OCCN(C)C. The Labute approximate surface area is 115 Å². The van der Waals surface area contributed by atoms with E-state index in [1.807, 2.05) is 25.9 Å². The molecule has 1 rings (SSSR count). The predicted molar refractivity (Wildman–Crippen MR) is 76.3 cm³/mol. The van der Waals surface area contributed by atoms with E-state index in [4.69, 9.17) is 9.47 Å². The van der Waals surface area contributed by atoms with Crippen LogP contribution in [-0.2, 0) is 0 Å². The number of ether oxygens (including phenoxy) is 2. The largest absolute Gasteiger partial charge is 0.497 e. The van der Waals surface area contributed by atoms with E-state index in [9.17, 15) is 4.79 Å². The van der Waals surface area contributed by atoms with Gasteiger partial charge in [-0.1, -0.05) is 6.92 Å². The maximum Gasteiger partial charge on any atom is 0.166 e. The van der Waals surface area contributed by atoms with Crippen LogP contribution in [0.25, 0.3) is 0 Å². The Balaban J connectivity index is 2.86. The Morgan fingerprint density at radius 2 is 2.05 bits per heavy atom. The highest BCUT2D eigenvalue weighted by Crippen LogP contribution is 2.26. The lowest BCUT2D eigenvalue weighted by Gasteiger charge is -2.14. The van der Waals surface area contributed by atoms with Gasteiger partial charge in [-0.3, -0.25) is 4.79 Å². The fourth-order valence-electron chi connectivity index (χ4n) is 1.68. The average Bonchev–Trinajstić information content (AvgIpc) is 2.38. The van der Waals surface area contributed by atoms with Gasteiger partial charge in [-0.2, -0.15) is 0 Å². The summed E-state index contributed by atoms with van der Waals surface area (Å²) < 4.78 is 10.9. The minimum Gasteiger partial charge on any atom is -0.497 e. The molecule has 19 heavy (non-hydrogen) atoms.